The molecule has 24 heavy (non-hydrogen) atoms. The largest absolute Gasteiger partial charge is 0.368 e. The fourth-order valence-corrected chi connectivity index (χ4v) is 2.42. The first kappa shape index (κ1) is 17.9. The van der Waals surface area contributed by atoms with Gasteiger partial charge in [-0.3, -0.25) is 9.59 Å². The Labute approximate surface area is 143 Å². The lowest BCUT2D eigenvalue weighted by molar-refractivity contribution is -0.119. The highest BCUT2D eigenvalue weighted by molar-refractivity contribution is 9.10. The van der Waals surface area contributed by atoms with E-state index in [4.69, 9.17) is 5.73 Å². The standard InChI is InChI=1S/C15H11BrF3N3O2/c16-13-7(2-1-3-21-13)4-11(14(20)23)22-15(24)12-9(18)5-8(17)6-10(12)19/h1-3,5-6,11H,4H2,(H2,20,23)(H,22,24)/t11-/m0/s1. The highest BCUT2D eigenvalue weighted by Gasteiger charge is 2.25. The van der Waals surface area contributed by atoms with E-state index in [1.807, 2.05) is 0 Å². The fourth-order valence-electron chi connectivity index (χ4n) is 2.00. The number of carbonyl (C=O) groups excluding carboxylic acids is 2. The zero-order valence-electron chi connectivity index (χ0n) is 12.0. The Bertz CT molecular complexity index is 778. The summed E-state index contributed by atoms with van der Waals surface area (Å²) in [5, 5.41) is 2.15. The van der Waals surface area contributed by atoms with Crippen LogP contribution in [0.3, 0.4) is 0 Å². The van der Waals surface area contributed by atoms with Crippen LogP contribution in [0, 0.1) is 17.5 Å². The molecule has 0 aliphatic heterocycles. The number of amides is 2. The molecule has 0 aliphatic rings. The molecule has 1 aromatic carbocycles. The van der Waals surface area contributed by atoms with Crippen molar-refractivity contribution in [3.63, 3.8) is 0 Å². The molecule has 0 bridgehead atoms. The number of benzene rings is 1. The van der Waals surface area contributed by atoms with Gasteiger partial charge < -0.3 is 11.1 Å². The molecule has 0 unspecified atom stereocenters. The summed E-state index contributed by atoms with van der Waals surface area (Å²) < 4.78 is 40.6. The van der Waals surface area contributed by atoms with Crippen molar-refractivity contribution in [2.45, 2.75) is 12.5 Å². The third-order valence-corrected chi connectivity index (χ3v) is 3.86. The number of nitrogens with one attached hydrogen (secondary N) is 1. The summed E-state index contributed by atoms with van der Waals surface area (Å²) in [7, 11) is 0. The van der Waals surface area contributed by atoms with E-state index in [2.05, 4.69) is 26.2 Å². The van der Waals surface area contributed by atoms with E-state index < -0.39 is 40.9 Å². The van der Waals surface area contributed by atoms with E-state index >= 15 is 0 Å². The fraction of sp³-hybridized carbons (Fsp3) is 0.133. The monoisotopic (exact) mass is 401 g/mol. The Morgan fingerprint density at radius 3 is 2.42 bits per heavy atom. The van der Waals surface area contributed by atoms with Gasteiger partial charge in [-0.15, -0.1) is 0 Å². The molecule has 0 saturated carbocycles. The molecule has 0 aliphatic carbocycles. The lowest BCUT2D eigenvalue weighted by Crippen LogP contribution is -2.46. The number of aromatic nitrogens is 1. The zero-order valence-corrected chi connectivity index (χ0v) is 13.6. The van der Waals surface area contributed by atoms with Crippen molar-refractivity contribution in [1.29, 1.82) is 0 Å². The number of halogens is 4. The van der Waals surface area contributed by atoms with Crippen LogP contribution in [-0.4, -0.2) is 22.8 Å². The number of nitrogens with two attached hydrogens (primary N) is 1. The van der Waals surface area contributed by atoms with Gasteiger partial charge in [-0.2, -0.15) is 0 Å². The molecule has 0 saturated heterocycles. The van der Waals surface area contributed by atoms with Gasteiger partial charge in [0.2, 0.25) is 5.91 Å². The summed E-state index contributed by atoms with van der Waals surface area (Å²) >= 11 is 3.18. The van der Waals surface area contributed by atoms with Crippen molar-refractivity contribution in [2.24, 2.45) is 5.73 Å². The Hall–Kier alpha value is -2.42. The smallest absolute Gasteiger partial charge is 0.257 e. The Kier molecular flexibility index (Phi) is 5.55. The van der Waals surface area contributed by atoms with Crippen LogP contribution in [0.5, 0.6) is 0 Å². The number of carbonyl (C=O) groups is 2. The van der Waals surface area contributed by atoms with Crippen LogP contribution in [0.4, 0.5) is 13.2 Å². The summed E-state index contributed by atoms with van der Waals surface area (Å²) in [6.07, 6.45) is 1.47. The van der Waals surface area contributed by atoms with E-state index in [0.29, 0.717) is 22.3 Å². The third-order valence-electron chi connectivity index (χ3n) is 3.14. The van der Waals surface area contributed by atoms with E-state index in [0.717, 1.165) is 0 Å². The predicted molar refractivity (Wildman–Crippen MR) is 82.4 cm³/mol. The number of rotatable bonds is 5. The van der Waals surface area contributed by atoms with Crippen LogP contribution in [0.1, 0.15) is 15.9 Å². The van der Waals surface area contributed by atoms with Crippen molar-refractivity contribution < 1.29 is 22.8 Å². The van der Waals surface area contributed by atoms with Gasteiger partial charge in [0.05, 0.1) is 0 Å². The SMILES string of the molecule is NC(=O)[C@H](Cc1cccnc1Br)NC(=O)c1c(F)cc(F)cc1F. The molecule has 126 valence electrons. The third kappa shape index (κ3) is 4.10. The van der Waals surface area contributed by atoms with Crippen molar-refractivity contribution >= 4 is 27.7 Å². The topological polar surface area (TPSA) is 85.1 Å². The normalized spacial score (nSPS) is 11.8. The molecule has 1 atom stereocenters. The molecular formula is C15H11BrF3N3O2. The average molecular weight is 402 g/mol. The van der Waals surface area contributed by atoms with Crippen LogP contribution in [0.2, 0.25) is 0 Å². The molecule has 2 rings (SSSR count). The Morgan fingerprint density at radius 1 is 1.25 bits per heavy atom. The number of pyridine rings is 1. The number of nitrogens with zero attached hydrogens (tertiary/aromatic N) is 1. The van der Waals surface area contributed by atoms with Crippen LogP contribution in [0.25, 0.3) is 0 Å². The molecule has 2 aromatic rings. The second-order valence-corrected chi connectivity index (χ2v) is 5.58. The summed E-state index contributed by atoms with van der Waals surface area (Å²) in [4.78, 5) is 27.5. The quantitative estimate of drug-likeness (QED) is 0.752. The van der Waals surface area contributed by atoms with Gasteiger partial charge in [0.25, 0.3) is 5.91 Å². The minimum atomic E-state index is -1.38. The van der Waals surface area contributed by atoms with Gasteiger partial charge in [-0.1, -0.05) is 6.07 Å². The van der Waals surface area contributed by atoms with Crippen LogP contribution in [0.15, 0.2) is 35.1 Å². The molecular weight excluding hydrogens is 391 g/mol. The Morgan fingerprint density at radius 2 is 1.88 bits per heavy atom. The van der Waals surface area contributed by atoms with Crippen molar-refractivity contribution in [2.75, 3.05) is 0 Å². The molecule has 0 fully saturated rings. The van der Waals surface area contributed by atoms with E-state index in [9.17, 15) is 22.8 Å². The zero-order chi connectivity index (χ0) is 17.9. The molecule has 1 heterocycles. The van der Waals surface area contributed by atoms with Gasteiger partial charge in [0.15, 0.2) is 0 Å². The first-order valence-electron chi connectivity index (χ1n) is 6.63. The van der Waals surface area contributed by atoms with Crippen LogP contribution < -0.4 is 11.1 Å². The molecule has 0 spiro atoms. The molecule has 0 radical (unpaired) electrons. The van der Waals surface area contributed by atoms with Crippen molar-refractivity contribution in [3.8, 4) is 0 Å². The molecule has 3 N–H and O–H groups in total. The molecule has 1 aromatic heterocycles. The predicted octanol–water partition coefficient (Wildman–Crippen LogP) is 2.09. The van der Waals surface area contributed by atoms with Crippen LogP contribution >= 0.6 is 15.9 Å². The Balaban J connectivity index is 2.24. The minimum absolute atomic E-state index is 0.0417. The maximum absolute atomic E-state index is 13.6. The molecule has 5 nitrogen and oxygen atoms in total. The van der Waals surface area contributed by atoms with E-state index in [-0.39, 0.29) is 6.42 Å². The summed E-state index contributed by atoms with van der Waals surface area (Å²) in [5.74, 6) is -6.03. The van der Waals surface area contributed by atoms with Gasteiger partial charge in [-0.25, -0.2) is 18.2 Å². The number of hydrogen-bond donors (Lipinski definition) is 2. The van der Waals surface area contributed by atoms with E-state index in [1.165, 1.54) is 6.20 Å². The average Bonchev–Trinajstić information content (AvgIpc) is 2.47. The lowest BCUT2D eigenvalue weighted by Gasteiger charge is -2.16. The highest BCUT2D eigenvalue weighted by Crippen LogP contribution is 2.17. The van der Waals surface area contributed by atoms with Gasteiger partial charge in [0.1, 0.15) is 33.7 Å². The molecule has 9 heteroatoms. The number of primary amides is 1. The summed E-state index contributed by atoms with van der Waals surface area (Å²) in [6.45, 7) is 0. The van der Waals surface area contributed by atoms with Crippen molar-refractivity contribution in [3.05, 3.63) is 63.6 Å². The second kappa shape index (κ2) is 7.43. The van der Waals surface area contributed by atoms with E-state index in [1.54, 1.807) is 12.1 Å². The summed E-state index contributed by atoms with van der Waals surface area (Å²) in [6, 6.07) is 2.75. The van der Waals surface area contributed by atoms with Crippen molar-refractivity contribution in [1.82, 2.24) is 10.3 Å². The summed E-state index contributed by atoms with van der Waals surface area (Å²) in [5.41, 5.74) is 4.79. The number of hydrogen-bond acceptors (Lipinski definition) is 3. The highest BCUT2D eigenvalue weighted by atomic mass is 79.9. The van der Waals surface area contributed by atoms with Gasteiger partial charge in [0, 0.05) is 24.8 Å². The van der Waals surface area contributed by atoms with Gasteiger partial charge in [-0.05, 0) is 27.6 Å². The second-order valence-electron chi connectivity index (χ2n) is 4.83. The first-order chi connectivity index (χ1) is 11.3. The lowest BCUT2D eigenvalue weighted by atomic mass is 10.1. The maximum atomic E-state index is 13.6. The maximum Gasteiger partial charge on any atom is 0.257 e. The minimum Gasteiger partial charge on any atom is -0.368 e. The first-order valence-corrected chi connectivity index (χ1v) is 7.43. The van der Waals surface area contributed by atoms with Gasteiger partial charge >= 0.3 is 0 Å². The molecule has 2 amide bonds. The van der Waals surface area contributed by atoms with Crippen LogP contribution in [-0.2, 0) is 11.2 Å².